The normalized spacial score (nSPS) is 16.8. The molecule has 11 nitrogen and oxygen atoms in total. The van der Waals surface area contributed by atoms with Crippen LogP contribution in [0.2, 0.25) is 0 Å². The third-order valence-electron chi connectivity index (χ3n) is 6.40. The molecule has 1 fully saturated rings. The first-order valence-corrected chi connectivity index (χ1v) is 13.1. The number of nitrogens with zero attached hydrogens (tertiary/aromatic N) is 5. The lowest BCUT2D eigenvalue weighted by Gasteiger charge is -2.24. The first-order valence-electron chi connectivity index (χ1n) is 13.1. The van der Waals surface area contributed by atoms with Gasteiger partial charge in [0, 0.05) is 23.6 Å². The Morgan fingerprint density at radius 2 is 2.02 bits per heavy atom. The van der Waals surface area contributed by atoms with Crippen LogP contribution in [-0.4, -0.2) is 70.1 Å². The minimum absolute atomic E-state index is 0.144. The molecule has 2 heterocycles. The van der Waals surface area contributed by atoms with Gasteiger partial charge >= 0.3 is 6.36 Å². The Balaban J connectivity index is 1.57. The topological polar surface area (TPSA) is 144 Å². The molecule has 1 aliphatic heterocycles. The van der Waals surface area contributed by atoms with Gasteiger partial charge in [0.15, 0.2) is 17.3 Å². The second-order valence-electron chi connectivity index (χ2n) is 9.50. The third-order valence-corrected chi connectivity index (χ3v) is 6.40. The molecule has 1 aromatic heterocycles. The number of halogens is 5. The fraction of sp³-hybridized carbons (Fsp3) is 0.241. The van der Waals surface area contributed by atoms with E-state index in [0.29, 0.717) is 17.1 Å². The van der Waals surface area contributed by atoms with E-state index >= 15 is 0 Å². The maximum Gasteiger partial charge on any atom is 0.573 e. The Morgan fingerprint density at radius 3 is 2.69 bits per heavy atom. The molecule has 1 aliphatic rings. The first kappa shape index (κ1) is 32.3. The number of anilines is 1. The summed E-state index contributed by atoms with van der Waals surface area (Å²) in [7, 11) is 0. The van der Waals surface area contributed by atoms with Crippen LogP contribution in [-0.2, 0) is 16.1 Å². The molecule has 4 rings (SSSR count). The van der Waals surface area contributed by atoms with Crippen molar-refractivity contribution in [2.75, 3.05) is 11.9 Å². The van der Waals surface area contributed by atoms with Crippen molar-refractivity contribution < 1.29 is 41.1 Å². The van der Waals surface area contributed by atoms with E-state index in [2.05, 4.69) is 43.7 Å². The lowest BCUT2D eigenvalue weighted by Crippen LogP contribution is -2.44. The highest BCUT2D eigenvalue weighted by atomic mass is 19.4. The quantitative estimate of drug-likeness (QED) is 0.177. The molecule has 234 valence electrons. The Morgan fingerprint density at radius 1 is 1.27 bits per heavy atom. The van der Waals surface area contributed by atoms with Crippen LogP contribution in [0, 0.1) is 17.7 Å². The van der Waals surface area contributed by atoms with Crippen LogP contribution in [0.1, 0.15) is 29.4 Å². The van der Waals surface area contributed by atoms with Crippen LogP contribution in [0.15, 0.2) is 58.7 Å². The standard InChI is InChI=1S/C29H24F5N7O4/c1-3-11-37-23(36-2)10-8-16-7-9-20-18(12-16)26(27(35)43)39-41(20)15-24(42)40-14-17(30)13-21(40)28(44)38-19-5-4-6-22(25(19)31)45-29(32,33)34/h3-7,9,11-12,17,21H,2,13-15H2,1H3,(H2,35,43)(H,38,44)/b11-3-,37-23?/t17-,21+/m1/s1. The van der Waals surface area contributed by atoms with E-state index in [4.69, 9.17) is 5.73 Å². The fourth-order valence-electron chi connectivity index (χ4n) is 4.50. The van der Waals surface area contributed by atoms with Gasteiger partial charge in [-0.1, -0.05) is 18.1 Å². The first-order chi connectivity index (χ1) is 21.3. The van der Waals surface area contributed by atoms with Gasteiger partial charge in [-0.05, 0) is 49.9 Å². The second kappa shape index (κ2) is 13.4. The molecule has 0 aliphatic carbocycles. The van der Waals surface area contributed by atoms with E-state index < -0.39 is 73.1 Å². The maximum atomic E-state index is 14.6. The van der Waals surface area contributed by atoms with Crippen LogP contribution in [0.3, 0.4) is 0 Å². The molecule has 0 radical (unpaired) electrons. The van der Waals surface area contributed by atoms with E-state index in [9.17, 15) is 36.3 Å². The van der Waals surface area contributed by atoms with E-state index in [1.165, 1.54) is 18.3 Å². The molecule has 45 heavy (non-hydrogen) atoms. The second-order valence-corrected chi connectivity index (χ2v) is 9.50. The van der Waals surface area contributed by atoms with Gasteiger partial charge in [0.25, 0.3) is 5.91 Å². The minimum atomic E-state index is -5.19. The Kier molecular flexibility index (Phi) is 9.60. The number of alkyl halides is 4. The number of hydrogen-bond donors (Lipinski definition) is 2. The number of nitrogens with one attached hydrogen (secondary N) is 1. The largest absolute Gasteiger partial charge is 0.573 e. The molecule has 0 unspecified atom stereocenters. The molecule has 2 aromatic carbocycles. The minimum Gasteiger partial charge on any atom is -0.403 e. The number of benzene rings is 2. The number of rotatable bonds is 7. The van der Waals surface area contributed by atoms with E-state index in [-0.39, 0.29) is 16.9 Å². The Hall–Kier alpha value is -5.59. The predicted molar refractivity (Wildman–Crippen MR) is 154 cm³/mol. The molecule has 3 N–H and O–H groups in total. The molecule has 1 saturated heterocycles. The van der Waals surface area contributed by atoms with E-state index in [1.54, 1.807) is 19.1 Å². The number of allylic oxidation sites excluding steroid dienone is 1. The highest BCUT2D eigenvalue weighted by Crippen LogP contribution is 2.31. The number of aliphatic imine (C=N–C) groups is 2. The molecular weight excluding hydrogens is 605 g/mol. The van der Waals surface area contributed by atoms with Gasteiger partial charge in [0.1, 0.15) is 18.8 Å². The lowest BCUT2D eigenvalue weighted by molar-refractivity contribution is -0.275. The van der Waals surface area contributed by atoms with E-state index in [0.717, 1.165) is 21.7 Å². The molecule has 2 atom stereocenters. The number of hydrogen-bond acceptors (Lipinski definition) is 6. The SMILES string of the molecule is C=NC(C#Cc1ccc2c(c1)c(C(N)=O)nn2CC(=O)N1C[C@H](F)C[C@H]1C(=O)Nc1cccc(OC(F)(F)F)c1F)=N/C=C\C. The van der Waals surface area contributed by atoms with Crippen molar-refractivity contribution in [3.8, 4) is 17.6 Å². The van der Waals surface area contributed by atoms with Crippen LogP contribution < -0.4 is 15.8 Å². The van der Waals surface area contributed by atoms with Crippen molar-refractivity contribution in [2.24, 2.45) is 15.7 Å². The predicted octanol–water partition coefficient (Wildman–Crippen LogP) is 3.73. The summed E-state index contributed by atoms with van der Waals surface area (Å²) >= 11 is 0. The van der Waals surface area contributed by atoms with Crippen molar-refractivity contribution in [3.63, 3.8) is 0 Å². The molecular formula is C29H24F5N7O4. The third kappa shape index (κ3) is 7.68. The zero-order valence-electron chi connectivity index (χ0n) is 23.4. The molecule has 0 bridgehead atoms. The van der Waals surface area contributed by atoms with Gasteiger partial charge in [0.05, 0.1) is 17.7 Å². The van der Waals surface area contributed by atoms with Gasteiger partial charge < -0.3 is 20.7 Å². The Labute approximate surface area is 252 Å². The van der Waals surface area contributed by atoms with Crippen molar-refractivity contribution >= 4 is 46.9 Å². The highest BCUT2D eigenvalue weighted by Gasteiger charge is 2.40. The van der Waals surface area contributed by atoms with E-state index in [1.807, 2.05) is 0 Å². The van der Waals surface area contributed by atoms with Gasteiger partial charge in [-0.2, -0.15) is 5.10 Å². The number of primary amides is 1. The molecule has 3 aromatic rings. The number of amides is 3. The molecule has 0 saturated carbocycles. The van der Waals surface area contributed by atoms with Crippen molar-refractivity contribution in [3.05, 3.63) is 65.7 Å². The fourth-order valence-corrected chi connectivity index (χ4v) is 4.50. The number of ether oxygens (including phenoxy) is 1. The smallest absolute Gasteiger partial charge is 0.403 e. The average Bonchev–Trinajstić information content (AvgIpc) is 3.55. The summed E-state index contributed by atoms with van der Waals surface area (Å²) in [6, 6.07) is 5.89. The van der Waals surface area contributed by atoms with Crippen LogP contribution >= 0.6 is 0 Å². The summed E-state index contributed by atoms with van der Waals surface area (Å²) in [6.07, 6.45) is -4.11. The summed E-state index contributed by atoms with van der Waals surface area (Å²) in [5, 5.41) is 6.49. The highest BCUT2D eigenvalue weighted by molar-refractivity contribution is 6.05. The Bertz CT molecular complexity index is 1790. The maximum absolute atomic E-state index is 14.6. The summed E-state index contributed by atoms with van der Waals surface area (Å²) < 4.78 is 71.6. The molecule has 0 spiro atoms. The average molecular weight is 630 g/mol. The summed E-state index contributed by atoms with van der Waals surface area (Å²) in [6.45, 7) is 4.12. The van der Waals surface area contributed by atoms with Gasteiger partial charge in [0.2, 0.25) is 17.6 Å². The van der Waals surface area contributed by atoms with Crippen LogP contribution in [0.25, 0.3) is 10.9 Å². The van der Waals surface area contributed by atoms with Crippen LogP contribution in [0.5, 0.6) is 5.75 Å². The van der Waals surface area contributed by atoms with Gasteiger partial charge in [-0.15, -0.1) is 13.2 Å². The summed E-state index contributed by atoms with van der Waals surface area (Å²) in [4.78, 5) is 47.1. The number of carbonyl (C=O) groups is 3. The van der Waals surface area contributed by atoms with Crippen molar-refractivity contribution in [2.45, 2.75) is 38.5 Å². The van der Waals surface area contributed by atoms with Crippen molar-refractivity contribution in [1.82, 2.24) is 14.7 Å². The van der Waals surface area contributed by atoms with Gasteiger partial charge in [-0.3, -0.25) is 19.1 Å². The van der Waals surface area contributed by atoms with Gasteiger partial charge in [-0.25, -0.2) is 18.8 Å². The zero-order chi connectivity index (χ0) is 32.9. The number of likely N-dealkylation sites (tertiary alicyclic amines) is 1. The molecule has 16 heteroatoms. The zero-order valence-corrected chi connectivity index (χ0v) is 23.4. The number of aromatic nitrogens is 2. The molecule has 3 amide bonds. The monoisotopic (exact) mass is 629 g/mol. The number of amidine groups is 1. The number of carbonyl (C=O) groups excluding carboxylic acids is 3. The van der Waals surface area contributed by atoms with Crippen LogP contribution in [0.4, 0.5) is 27.6 Å². The van der Waals surface area contributed by atoms with Crippen molar-refractivity contribution in [1.29, 1.82) is 0 Å². The summed E-state index contributed by atoms with van der Waals surface area (Å²) in [5.74, 6) is 0.279. The summed E-state index contributed by atoms with van der Waals surface area (Å²) in [5.41, 5.74) is 5.39. The lowest BCUT2D eigenvalue weighted by atomic mass is 10.1. The number of nitrogens with two attached hydrogens (primary N) is 1. The number of fused-ring (bicyclic) bond motifs is 1.